The van der Waals surface area contributed by atoms with Gasteiger partial charge in [-0.1, -0.05) is 19.1 Å². The summed E-state index contributed by atoms with van der Waals surface area (Å²) in [5.41, 5.74) is 3.26. The van der Waals surface area contributed by atoms with Gasteiger partial charge in [0, 0.05) is 21.5 Å². The number of allylic oxidation sites excluding steroid dienone is 1. The molecule has 2 nitrogen and oxygen atoms in total. The number of aliphatic hydroxyl groups is 1. The van der Waals surface area contributed by atoms with E-state index >= 15 is 0 Å². The molecule has 1 aromatic rings. The van der Waals surface area contributed by atoms with Crippen molar-refractivity contribution < 1.29 is 9.90 Å². The lowest BCUT2D eigenvalue weighted by molar-refractivity contribution is -0.116. The zero-order valence-corrected chi connectivity index (χ0v) is 13.8. The van der Waals surface area contributed by atoms with E-state index < -0.39 is 0 Å². The smallest absolute Gasteiger partial charge is 0.159 e. The maximum absolute atomic E-state index is 12.4. The van der Waals surface area contributed by atoms with Gasteiger partial charge in [-0.15, -0.1) is 0 Å². The second-order valence-electron chi connectivity index (χ2n) is 5.89. The summed E-state index contributed by atoms with van der Waals surface area (Å²) in [5.74, 6) is 0.816. The first-order chi connectivity index (χ1) is 9.60. The molecule has 2 unspecified atom stereocenters. The van der Waals surface area contributed by atoms with Gasteiger partial charge in [-0.25, -0.2) is 0 Å². The highest BCUT2D eigenvalue weighted by molar-refractivity contribution is 14.1. The molecule has 0 aromatic heterocycles. The van der Waals surface area contributed by atoms with Crippen molar-refractivity contribution in [2.24, 2.45) is 11.8 Å². The van der Waals surface area contributed by atoms with Gasteiger partial charge in [0.1, 0.15) is 0 Å². The van der Waals surface area contributed by atoms with Crippen molar-refractivity contribution in [2.45, 2.75) is 38.7 Å². The number of Topliss-reactive ketones (excluding diaryl/α,β-unsaturated/α-hetero) is 1. The second-order valence-corrected chi connectivity index (χ2v) is 7.14. The van der Waals surface area contributed by atoms with Crippen LogP contribution in [0.5, 0.6) is 0 Å². The molecule has 3 heteroatoms. The summed E-state index contributed by atoms with van der Waals surface area (Å²) < 4.78 is 1.20. The average molecular weight is 382 g/mol. The third-order valence-corrected chi connectivity index (χ3v) is 5.35. The lowest BCUT2D eigenvalue weighted by atomic mass is 9.77. The molecule has 1 N–H and O–H groups in total. The van der Waals surface area contributed by atoms with Crippen molar-refractivity contribution >= 4 is 33.9 Å². The first kappa shape index (κ1) is 14.3. The lowest BCUT2D eigenvalue weighted by Crippen LogP contribution is -2.23. The molecule has 3 rings (SSSR count). The van der Waals surface area contributed by atoms with E-state index in [1.165, 1.54) is 9.14 Å². The molecule has 1 fully saturated rings. The van der Waals surface area contributed by atoms with Gasteiger partial charge in [0.05, 0.1) is 6.10 Å². The highest BCUT2D eigenvalue weighted by Gasteiger charge is 2.42. The Kier molecular flexibility index (Phi) is 4.00. The maximum atomic E-state index is 12.4. The van der Waals surface area contributed by atoms with Gasteiger partial charge in [-0.3, -0.25) is 4.79 Å². The predicted molar refractivity (Wildman–Crippen MR) is 88.2 cm³/mol. The fraction of sp³-hybridized carbons (Fsp3) is 0.471. The summed E-state index contributed by atoms with van der Waals surface area (Å²) in [4.78, 5) is 12.4. The minimum Gasteiger partial charge on any atom is -0.392 e. The second kappa shape index (κ2) is 5.60. The van der Waals surface area contributed by atoms with Crippen molar-refractivity contribution in [1.82, 2.24) is 0 Å². The minimum atomic E-state index is -0.327. The van der Waals surface area contributed by atoms with E-state index in [9.17, 15) is 9.90 Å². The number of rotatable bonds is 3. The Hall–Kier alpha value is -0.680. The molecule has 2 aliphatic carbocycles. The van der Waals surface area contributed by atoms with E-state index in [4.69, 9.17) is 0 Å². The van der Waals surface area contributed by atoms with Gasteiger partial charge in [0.15, 0.2) is 5.78 Å². The molecule has 3 atom stereocenters. The van der Waals surface area contributed by atoms with Gasteiger partial charge >= 0.3 is 0 Å². The Labute approximate surface area is 133 Å². The molecule has 1 saturated carbocycles. The molecule has 0 heterocycles. The monoisotopic (exact) mass is 382 g/mol. The van der Waals surface area contributed by atoms with Crippen LogP contribution in [0.4, 0.5) is 0 Å². The average Bonchev–Trinajstić information content (AvgIpc) is 2.74. The van der Waals surface area contributed by atoms with Gasteiger partial charge < -0.3 is 5.11 Å². The molecule has 106 valence electrons. The molecule has 0 spiro atoms. The first-order valence-electron chi connectivity index (χ1n) is 7.30. The zero-order chi connectivity index (χ0) is 14.3. The van der Waals surface area contributed by atoms with E-state index in [-0.39, 0.29) is 17.8 Å². The highest BCUT2D eigenvalue weighted by Crippen LogP contribution is 2.48. The van der Waals surface area contributed by atoms with Crippen molar-refractivity contribution in [1.29, 1.82) is 0 Å². The topological polar surface area (TPSA) is 37.3 Å². The number of carbonyl (C=O) groups excluding carboxylic acids is 1. The number of halogens is 1. The molecule has 2 aliphatic rings. The number of aliphatic hydroxyl groups excluding tert-OH is 1. The Morgan fingerprint density at radius 3 is 2.65 bits per heavy atom. The lowest BCUT2D eigenvalue weighted by Gasteiger charge is -2.26. The first-order valence-corrected chi connectivity index (χ1v) is 8.38. The standard InChI is InChI=1S/C17H19IO2/c1-2-15(19)17-13(11-3-5-12(18)6-4-11)7-10-8-14(17)16(20)9-10/h3-6,10,14,16,20H,2,7-9H2,1H3/t10?,14-,16?/m1/s1. The zero-order valence-electron chi connectivity index (χ0n) is 11.6. The number of carbonyl (C=O) groups is 1. The van der Waals surface area contributed by atoms with Crippen LogP contribution in [0.3, 0.4) is 0 Å². The maximum Gasteiger partial charge on any atom is 0.159 e. The molecule has 1 aromatic carbocycles. The van der Waals surface area contributed by atoms with Crippen molar-refractivity contribution in [3.05, 3.63) is 39.0 Å². The summed E-state index contributed by atoms with van der Waals surface area (Å²) in [7, 11) is 0. The van der Waals surface area contributed by atoms with Gasteiger partial charge in [0.25, 0.3) is 0 Å². The summed E-state index contributed by atoms with van der Waals surface area (Å²) in [6.45, 7) is 1.91. The molecule has 0 radical (unpaired) electrons. The summed E-state index contributed by atoms with van der Waals surface area (Å²) in [6.07, 6.45) is 2.97. The van der Waals surface area contributed by atoms with Crippen molar-refractivity contribution in [3.8, 4) is 0 Å². The fourth-order valence-electron chi connectivity index (χ4n) is 3.71. The van der Waals surface area contributed by atoms with E-state index in [0.29, 0.717) is 12.3 Å². The molecular weight excluding hydrogens is 363 g/mol. The van der Waals surface area contributed by atoms with Crippen molar-refractivity contribution in [3.63, 3.8) is 0 Å². The molecule has 0 amide bonds. The number of benzene rings is 1. The van der Waals surface area contributed by atoms with E-state index in [1.54, 1.807) is 0 Å². The number of ketones is 1. The van der Waals surface area contributed by atoms with Crippen LogP contribution in [0.1, 0.15) is 38.2 Å². The van der Waals surface area contributed by atoms with Crippen LogP contribution < -0.4 is 0 Å². The highest BCUT2D eigenvalue weighted by atomic mass is 127. The van der Waals surface area contributed by atoms with Crippen LogP contribution in [-0.4, -0.2) is 17.0 Å². The van der Waals surface area contributed by atoms with Crippen LogP contribution in [0.2, 0.25) is 0 Å². The van der Waals surface area contributed by atoms with Gasteiger partial charge in [-0.05, 0) is 71.0 Å². The quantitative estimate of drug-likeness (QED) is 0.808. The Morgan fingerprint density at radius 2 is 2.00 bits per heavy atom. The third-order valence-electron chi connectivity index (χ3n) is 4.63. The summed E-state index contributed by atoms with van der Waals surface area (Å²) in [6, 6.07) is 8.39. The summed E-state index contributed by atoms with van der Waals surface area (Å²) in [5, 5.41) is 10.2. The van der Waals surface area contributed by atoms with Gasteiger partial charge in [-0.2, -0.15) is 0 Å². The number of fused-ring (bicyclic) bond motifs is 2. The van der Waals surface area contributed by atoms with E-state index in [1.807, 2.05) is 6.92 Å². The predicted octanol–water partition coefficient (Wildman–Crippen LogP) is 3.81. The summed E-state index contributed by atoms with van der Waals surface area (Å²) >= 11 is 2.29. The SMILES string of the molecule is CCC(=O)C1=C(c2ccc(I)cc2)CC2CC(O)[C@H]1C2. The third kappa shape index (κ3) is 2.46. The van der Waals surface area contributed by atoms with E-state index in [2.05, 4.69) is 46.9 Å². The number of hydrogen-bond acceptors (Lipinski definition) is 2. The van der Waals surface area contributed by atoms with E-state index in [0.717, 1.165) is 30.4 Å². The molecule has 0 aliphatic heterocycles. The molecule has 2 bridgehead atoms. The largest absolute Gasteiger partial charge is 0.392 e. The Bertz CT molecular complexity index is 559. The van der Waals surface area contributed by atoms with Crippen LogP contribution in [-0.2, 0) is 4.79 Å². The van der Waals surface area contributed by atoms with Crippen LogP contribution >= 0.6 is 22.6 Å². The Morgan fingerprint density at radius 1 is 1.30 bits per heavy atom. The number of hydrogen-bond donors (Lipinski definition) is 1. The van der Waals surface area contributed by atoms with Crippen LogP contribution in [0.25, 0.3) is 5.57 Å². The molecule has 0 saturated heterocycles. The van der Waals surface area contributed by atoms with Gasteiger partial charge in [0.2, 0.25) is 0 Å². The normalized spacial score (nSPS) is 28.9. The van der Waals surface area contributed by atoms with Crippen LogP contribution in [0.15, 0.2) is 29.8 Å². The minimum absolute atomic E-state index is 0.0653. The Balaban J connectivity index is 2.09. The van der Waals surface area contributed by atoms with Crippen molar-refractivity contribution in [2.75, 3.05) is 0 Å². The fourth-order valence-corrected chi connectivity index (χ4v) is 4.07. The molecule has 20 heavy (non-hydrogen) atoms. The van der Waals surface area contributed by atoms with Crippen LogP contribution in [0, 0.1) is 15.4 Å². The molecular formula is C17H19IO2.